The van der Waals surface area contributed by atoms with Crippen molar-refractivity contribution in [3.8, 4) is 10.7 Å². The summed E-state index contributed by atoms with van der Waals surface area (Å²) in [4.78, 5) is 30.5. The number of nitrogens with zero attached hydrogens (tertiary/aromatic N) is 5. The van der Waals surface area contributed by atoms with Crippen LogP contribution in [0.5, 0.6) is 0 Å². The molecule has 0 fully saturated rings. The van der Waals surface area contributed by atoms with E-state index in [-0.39, 0.29) is 4.88 Å². The molecule has 3 rings (SSSR count). The first kappa shape index (κ1) is 16.0. The van der Waals surface area contributed by atoms with Gasteiger partial charge in [-0.3, -0.25) is 9.97 Å². The standard InChI is InChI=1S/C16H15N5O2S/c1-10-14(16(22)23)24-15(19-10)12-7-18-8-13(20-12)21(2)9-11-4-3-5-17-6-11/h3-8H,9H2,1-2H3,(H,22,23). The molecule has 0 aromatic carbocycles. The number of carbonyl (C=O) groups is 1. The molecule has 0 saturated heterocycles. The summed E-state index contributed by atoms with van der Waals surface area (Å²) in [5.41, 5.74) is 2.11. The summed E-state index contributed by atoms with van der Waals surface area (Å²) < 4.78 is 0. The molecular weight excluding hydrogens is 326 g/mol. The van der Waals surface area contributed by atoms with E-state index in [1.807, 2.05) is 24.1 Å². The van der Waals surface area contributed by atoms with Crippen LogP contribution in [0.15, 0.2) is 36.9 Å². The van der Waals surface area contributed by atoms with Gasteiger partial charge in [-0.2, -0.15) is 0 Å². The molecular formula is C16H15N5O2S. The first-order valence-electron chi connectivity index (χ1n) is 7.18. The summed E-state index contributed by atoms with van der Waals surface area (Å²) in [6.07, 6.45) is 6.79. The molecule has 3 aromatic heterocycles. The van der Waals surface area contributed by atoms with Gasteiger partial charge in [-0.15, -0.1) is 11.3 Å². The lowest BCUT2D eigenvalue weighted by molar-refractivity contribution is 0.0701. The number of aryl methyl sites for hydroxylation is 1. The lowest BCUT2D eigenvalue weighted by Crippen LogP contribution is -2.18. The maximum Gasteiger partial charge on any atom is 0.347 e. The molecule has 8 heteroatoms. The van der Waals surface area contributed by atoms with Gasteiger partial charge in [0, 0.05) is 26.0 Å². The van der Waals surface area contributed by atoms with Crippen molar-refractivity contribution in [2.45, 2.75) is 13.5 Å². The Morgan fingerprint density at radius 3 is 2.75 bits per heavy atom. The second kappa shape index (κ2) is 6.71. The SMILES string of the molecule is Cc1nc(-c2cncc(N(C)Cc3cccnc3)n2)sc1C(=O)O. The second-order valence-corrected chi connectivity index (χ2v) is 6.22. The van der Waals surface area contributed by atoms with E-state index in [1.54, 1.807) is 31.7 Å². The fourth-order valence-electron chi connectivity index (χ4n) is 2.19. The van der Waals surface area contributed by atoms with Crippen molar-refractivity contribution in [3.63, 3.8) is 0 Å². The van der Waals surface area contributed by atoms with Crippen LogP contribution >= 0.6 is 11.3 Å². The molecule has 0 saturated carbocycles. The van der Waals surface area contributed by atoms with E-state index >= 15 is 0 Å². The largest absolute Gasteiger partial charge is 0.477 e. The summed E-state index contributed by atoms with van der Waals surface area (Å²) in [5, 5.41) is 9.70. The summed E-state index contributed by atoms with van der Waals surface area (Å²) in [6, 6.07) is 3.88. The van der Waals surface area contributed by atoms with Crippen molar-refractivity contribution in [1.29, 1.82) is 0 Å². The van der Waals surface area contributed by atoms with Gasteiger partial charge in [0.1, 0.15) is 21.4 Å². The van der Waals surface area contributed by atoms with Gasteiger partial charge < -0.3 is 10.0 Å². The lowest BCUT2D eigenvalue weighted by atomic mass is 10.3. The number of thiazole rings is 1. The highest BCUT2D eigenvalue weighted by Crippen LogP contribution is 2.27. The molecule has 3 heterocycles. The Kier molecular flexibility index (Phi) is 4.48. The Morgan fingerprint density at radius 1 is 1.25 bits per heavy atom. The molecule has 0 aliphatic heterocycles. The number of pyridine rings is 1. The number of rotatable bonds is 5. The monoisotopic (exact) mass is 341 g/mol. The topological polar surface area (TPSA) is 92.1 Å². The maximum atomic E-state index is 11.2. The molecule has 0 spiro atoms. The predicted octanol–water partition coefficient (Wildman–Crippen LogP) is 2.64. The highest BCUT2D eigenvalue weighted by atomic mass is 32.1. The second-order valence-electron chi connectivity index (χ2n) is 5.22. The third-order valence-electron chi connectivity index (χ3n) is 3.37. The highest BCUT2D eigenvalue weighted by Gasteiger charge is 2.16. The normalized spacial score (nSPS) is 10.6. The molecule has 122 valence electrons. The third kappa shape index (κ3) is 3.38. The number of aromatic carboxylic acids is 1. The average Bonchev–Trinajstić information content (AvgIpc) is 2.98. The first-order valence-corrected chi connectivity index (χ1v) is 7.99. The van der Waals surface area contributed by atoms with Crippen LogP contribution in [-0.2, 0) is 6.54 Å². The van der Waals surface area contributed by atoms with E-state index in [9.17, 15) is 4.79 Å². The number of carboxylic acids is 1. The van der Waals surface area contributed by atoms with Crippen LogP contribution in [0, 0.1) is 6.92 Å². The van der Waals surface area contributed by atoms with E-state index in [4.69, 9.17) is 5.11 Å². The van der Waals surface area contributed by atoms with Crippen LogP contribution in [-0.4, -0.2) is 38.1 Å². The van der Waals surface area contributed by atoms with Gasteiger partial charge >= 0.3 is 5.97 Å². The van der Waals surface area contributed by atoms with Crippen LogP contribution in [0.3, 0.4) is 0 Å². The smallest absolute Gasteiger partial charge is 0.347 e. The number of hydrogen-bond donors (Lipinski definition) is 1. The van der Waals surface area contributed by atoms with E-state index in [2.05, 4.69) is 19.9 Å². The van der Waals surface area contributed by atoms with Crippen LogP contribution in [0.2, 0.25) is 0 Å². The number of hydrogen-bond acceptors (Lipinski definition) is 7. The Labute approximate surface area is 142 Å². The molecule has 0 amide bonds. The van der Waals surface area contributed by atoms with Gasteiger partial charge in [0.15, 0.2) is 0 Å². The molecule has 0 aliphatic carbocycles. The predicted molar refractivity (Wildman–Crippen MR) is 91.2 cm³/mol. The van der Waals surface area contributed by atoms with Crippen molar-refractivity contribution in [1.82, 2.24) is 19.9 Å². The van der Waals surface area contributed by atoms with Gasteiger partial charge in [0.05, 0.1) is 18.1 Å². The third-order valence-corrected chi connectivity index (χ3v) is 4.53. The van der Waals surface area contributed by atoms with E-state index < -0.39 is 5.97 Å². The van der Waals surface area contributed by atoms with Gasteiger partial charge in [0.25, 0.3) is 0 Å². The number of anilines is 1. The summed E-state index contributed by atoms with van der Waals surface area (Å²) in [7, 11) is 1.91. The van der Waals surface area contributed by atoms with Gasteiger partial charge in [-0.05, 0) is 18.6 Å². The fraction of sp³-hybridized carbons (Fsp3) is 0.188. The van der Waals surface area contributed by atoms with Crippen molar-refractivity contribution in [2.24, 2.45) is 0 Å². The Hall–Kier alpha value is -2.87. The average molecular weight is 341 g/mol. The van der Waals surface area contributed by atoms with Crippen molar-refractivity contribution < 1.29 is 9.90 Å². The summed E-state index contributed by atoms with van der Waals surface area (Å²) in [6.45, 7) is 2.32. The van der Waals surface area contributed by atoms with Crippen molar-refractivity contribution >= 4 is 23.1 Å². The van der Waals surface area contributed by atoms with Crippen LogP contribution < -0.4 is 4.90 Å². The van der Waals surface area contributed by atoms with E-state index in [0.29, 0.717) is 28.8 Å². The Morgan fingerprint density at radius 2 is 2.08 bits per heavy atom. The minimum Gasteiger partial charge on any atom is -0.477 e. The molecule has 0 unspecified atom stereocenters. The molecule has 1 N–H and O–H groups in total. The molecule has 3 aromatic rings. The summed E-state index contributed by atoms with van der Waals surface area (Å²) in [5.74, 6) is -0.296. The first-order chi connectivity index (χ1) is 11.5. The van der Waals surface area contributed by atoms with Crippen LogP contribution in [0.4, 0.5) is 5.82 Å². The zero-order valence-corrected chi connectivity index (χ0v) is 14.0. The minimum atomic E-state index is -0.978. The van der Waals surface area contributed by atoms with Crippen molar-refractivity contribution in [3.05, 3.63) is 53.1 Å². The lowest BCUT2D eigenvalue weighted by Gasteiger charge is -2.17. The van der Waals surface area contributed by atoms with Crippen molar-refractivity contribution in [2.75, 3.05) is 11.9 Å². The molecule has 24 heavy (non-hydrogen) atoms. The molecule has 0 bridgehead atoms. The highest BCUT2D eigenvalue weighted by molar-refractivity contribution is 7.17. The zero-order valence-electron chi connectivity index (χ0n) is 13.2. The molecule has 0 aliphatic rings. The van der Waals surface area contributed by atoms with E-state index in [1.165, 1.54) is 0 Å². The van der Waals surface area contributed by atoms with Gasteiger partial charge in [-0.1, -0.05) is 6.07 Å². The van der Waals surface area contributed by atoms with Crippen LogP contribution in [0.25, 0.3) is 10.7 Å². The quantitative estimate of drug-likeness (QED) is 0.762. The van der Waals surface area contributed by atoms with Gasteiger partial charge in [0.2, 0.25) is 0 Å². The molecule has 0 atom stereocenters. The summed E-state index contributed by atoms with van der Waals surface area (Å²) >= 11 is 1.10. The number of carboxylic acid groups (broad SMARTS) is 1. The van der Waals surface area contributed by atoms with Gasteiger partial charge in [-0.25, -0.2) is 14.8 Å². The Balaban J connectivity index is 1.86. The van der Waals surface area contributed by atoms with Crippen LogP contribution in [0.1, 0.15) is 20.9 Å². The minimum absolute atomic E-state index is 0.223. The maximum absolute atomic E-state index is 11.2. The van der Waals surface area contributed by atoms with E-state index in [0.717, 1.165) is 16.9 Å². The zero-order chi connectivity index (χ0) is 17.1. The molecule has 0 radical (unpaired) electrons. The Bertz CT molecular complexity index is 866. The molecule has 7 nitrogen and oxygen atoms in total. The number of aromatic nitrogens is 4. The fourth-order valence-corrected chi connectivity index (χ4v) is 3.05.